The first-order valence-electron chi connectivity index (χ1n) is 10.9. The van der Waals surface area contributed by atoms with E-state index in [1.165, 1.54) is 12.1 Å². The van der Waals surface area contributed by atoms with Crippen molar-refractivity contribution in [2.75, 3.05) is 50.7 Å². The van der Waals surface area contributed by atoms with Gasteiger partial charge in [0.1, 0.15) is 11.5 Å². The van der Waals surface area contributed by atoms with Gasteiger partial charge in [-0.2, -0.15) is 0 Å². The van der Waals surface area contributed by atoms with Crippen LogP contribution in [-0.2, 0) is 14.8 Å². The number of rotatable bonds is 7. The first-order valence-corrected chi connectivity index (χ1v) is 12.5. The number of sulfonamides is 1. The molecule has 4 rings (SSSR count). The van der Waals surface area contributed by atoms with E-state index in [4.69, 9.17) is 19.3 Å². The molecule has 0 unspecified atom stereocenters. The average Bonchev–Trinajstić information content (AvgIpc) is 2.88. The molecular formula is C25H27N3O6S. The Morgan fingerprint density at radius 1 is 0.971 bits per heavy atom. The number of benzene rings is 3. The third-order valence-electron chi connectivity index (χ3n) is 5.75. The van der Waals surface area contributed by atoms with E-state index in [1.807, 2.05) is 29.2 Å². The fourth-order valence-corrected chi connectivity index (χ4v) is 4.47. The number of carbonyl (C=O) groups is 1. The summed E-state index contributed by atoms with van der Waals surface area (Å²) < 4.78 is 40.1. The highest BCUT2D eigenvalue weighted by atomic mass is 32.2. The Balaban J connectivity index is 1.69. The van der Waals surface area contributed by atoms with Gasteiger partial charge in [0.15, 0.2) is 0 Å². The van der Waals surface area contributed by atoms with Crippen molar-refractivity contribution in [3.63, 3.8) is 0 Å². The van der Waals surface area contributed by atoms with Crippen LogP contribution in [0.2, 0.25) is 0 Å². The molecule has 3 N–H and O–H groups in total. The lowest BCUT2D eigenvalue weighted by Gasteiger charge is -2.30. The molecule has 0 radical (unpaired) electrons. The first-order chi connectivity index (χ1) is 16.8. The van der Waals surface area contributed by atoms with Crippen molar-refractivity contribution < 1.29 is 27.4 Å². The Labute approximate surface area is 204 Å². The molecule has 1 aliphatic rings. The first kappa shape index (κ1) is 24.5. The Kier molecular flexibility index (Phi) is 7.25. The number of amides is 1. The molecule has 10 heteroatoms. The van der Waals surface area contributed by atoms with Crippen molar-refractivity contribution in [3.05, 3.63) is 66.2 Å². The Morgan fingerprint density at radius 2 is 1.69 bits per heavy atom. The standard InChI is InChI=1S/C25H27N3O6S/c1-32-19-6-3-17(4-7-19)21-15-18(5-10-24(21)33-2)27-25(29)22-16-20(35(26,30)31)8-9-23(22)28-11-13-34-14-12-28/h3-10,15-16H,11-14H2,1-2H3,(H,27,29)(H2,26,30,31). The molecule has 0 saturated carbocycles. The van der Waals surface area contributed by atoms with E-state index in [1.54, 1.807) is 38.5 Å². The molecule has 1 amide bonds. The Morgan fingerprint density at radius 3 is 2.31 bits per heavy atom. The molecule has 1 saturated heterocycles. The van der Waals surface area contributed by atoms with Crippen LogP contribution >= 0.6 is 0 Å². The van der Waals surface area contributed by atoms with Crippen LogP contribution in [0.4, 0.5) is 11.4 Å². The van der Waals surface area contributed by atoms with Crippen LogP contribution in [0, 0.1) is 0 Å². The van der Waals surface area contributed by atoms with E-state index < -0.39 is 15.9 Å². The zero-order valence-electron chi connectivity index (χ0n) is 19.5. The number of nitrogens with one attached hydrogen (secondary N) is 1. The maximum atomic E-state index is 13.4. The van der Waals surface area contributed by atoms with Crippen molar-refractivity contribution in [2.24, 2.45) is 5.14 Å². The lowest BCUT2D eigenvalue weighted by atomic mass is 10.0. The van der Waals surface area contributed by atoms with Gasteiger partial charge in [0.2, 0.25) is 10.0 Å². The topological polar surface area (TPSA) is 120 Å². The minimum Gasteiger partial charge on any atom is -0.497 e. The summed E-state index contributed by atoms with van der Waals surface area (Å²) in [7, 11) is -0.810. The van der Waals surface area contributed by atoms with E-state index in [9.17, 15) is 13.2 Å². The van der Waals surface area contributed by atoms with E-state index in [0.717, 1.165) is 16.9 Å². The van der Waals surface area contributed by atoms with Crippen molar-refractivity contribution in [3.8, 4) is 22.6 Å². The third kappa shape index (κ3) is 5.56. The normalized spacial score (nSPS) is 13.9. The molecule has 0 bridgehead atoms. The Hall–Kier alpha value is -3.60. The van der Waals surface area contributed by atoms with Gasteiger partial charge in [-0.3, -0.25) is 4.79 Å². The monoisotopic (exact) mass is 497 g/mol. The molecule has 1 fully saturated rings. The minimum absolute atomic E-state index is 0.131. The number of hydrogen-bond acceptors (Lipinski definition) is 7. The van der Waals surface area contributed by atoms with Crippen molar-refractivity contribution >= 4 is 27.3 Å². The van der Waals surface area contributed by atoms with Gasteiger partial charge in [-0.1, -0.05) is 12.1 Å². The lowest BCUT2D eigenvalue weighted by Crippen LogP contribution is -2.37. The van der Waals surface area contributed by atoms with Gasteiger partial charge in [0.05, 0.1) is 37.9 Å². The summed E-state index contributed by atoms with van der Waals surface area (Å²) in [5, 5.41) is 8.22. The second-order valence-corrected chi connectivity index (χ2v) is 9.48. The van der Waals surface area contributed by atoms with Gasteiger partial charge in [0, 0.05) is 30.0 Å². The minimum atomic E-state index is -3.99. The number of primary sulfonamides is 1. The summed E-state index contributed by atoms with van der Waals surface area (Å²) in [6.45, 7) is 2.20. The Bertz CT molecular complexity index is 1320. The second-order valence-electron chi connectivity index (χ2n) is 7.92. The highest BCUT2D eigenvalue weighted by Gasteiger charge is 2.22. The summed E-state index contributed by atoms with van der Waals surface area (Å²) in [6.07, 6.45) is 0. The van der Waals surface area contributed by atoms with Crippen molar-refractivity contribution in [2.45, 2.75) is 4.90 Å². The van der Waals surface area contributed by atoms with E-state index in [2.05, 4.69) is 5.32 Å². The molecule has 0 aromatic heterocycles. The number of methoxy groups -OCH3 is 2. The van der Waals surface area contributed by atoms with Gasteiger partial charge >= 0.3 is 0 Å². The number of morpholine rings is 1. The van der Waals surface area contributed by atoms with Gasteiger partial charge < -0.3 is 24.4 Å². The summed E-state index contributed by atoms with van der Waals surface area (Å²) in [5.41, 5.74) is 3.00. The molecular weight excluding hydrogens is 470 g/mol. The number of nitrogens with two attached hydrogens (primary N) is 1. The SMILES string of the molecule is COc1ccc(-c2cc(NC(=O)c3cc(S(N)(=O)=O)ccc3N3CCOCC3)ccc2OC)cc1. The number of ether oxygens (including phenoxy) is 3. The predicted molar refractivity (Wildman–Crippen MR) is 134 cm³/mol. The smallest absolute Gasteiger partial charge is 0.257 e. The molecule has 3 aromatic carbocycles. The molecule has 1 heterocycles. The summed E-state index contributed by atoms with van der Waals surface area (Å²) in [6, 6.07) is 17.1. The highest BCUT2D eigenvalue weighted by Crippen LogP contribution is 2.34. The molecule has 9 nitrogen and oxygen atoms in total. The van der Waals surface area contributed by atoms with Gasteiger partial charge in [0.25, 0.3) is 5.91 Å². The van der Waals surface area contributed by atoms with Crippen LogP contribution in [0.5, 0.6) is 11.5 Å². The number of carbonyl (C=O) groups excluding carboxylic acids is 1. The van der Waals surface area contributed by atoms with Gasteiger partial charge in [-0.05, 0) is 54.1 Å². The van der Waals surface area contributed by atoms with Gasteiger partial charge in [-0.15, -0.1) is 0 Å². The van der Waals surface area contributed by atoms with Crippen LogP contribution in [0.3, 0.4) is 0 Å². The van der Waals surface area contributed by atoms with Crippen LogP contribution in [-0.4, -0.2) is 54.8 Å². The summed E-state index contributed by atoms with van der Waals surface area (Å²) >= 11 is 0. The zero-order valence-corrected chi connectivity index (χ0v) is 20.3. The molecule has 0 spiro atoms. The maximum Gasteiger partial charge on any atom is 0.257 e. The van der Waals surface area contributed by atoms with Crippen molar-refractivity contribution in [1.82, 2.24) is 0 Å². The number of hydrogen-bond donors (Lipinski definition) is 2. The lowest BCUT2D eigenvalue weighted by molar-refractivity contribution is 0.102. The van der Waals surface area contributed by atoms with E-state index in [-0.39, 0.29) is 10.5 Å². The molecule has 35 heavy (non-hydrogen) atoms. The average molecular weight is 498 g/mol. The number of nitrogens with zero attached hydrogens (tertiary/aromatic N) is 1. The maximum absolute atomic E-state index is 13.4. The van der Waals surface area contributed by atoms with E-state index >= 15 is 0 Å². The second kappa shape index (κ2) is 10.3. The molecule has 0 aliphatic carbocycles. The predicted octanol–water partition coefficient (Wildman–Crippen LogP) is 3.11. The molecule has 1 aliphatic heterocycles. The fourth-order valence-electron chi connectivity index (χ4n) is 3.93. The molecule has 3 aromatic rings. The van der Waals surface area contributed by atoms with Crippen LogP contribution < -0.4 is 24.8 Å². The largest absolute Gasteiger partial charge is 0.497 e. The quantitative estimate of drug-likeness (QED) is 0.515. The zero-order chi connectivity index (χ0) is 25.0. The third-order valence-corrected chi connectivity index (χ3v) is 6.66. The number of anilines is 2. The summed E-state index contributed by atoms with van der Waals surface area (Å²) in [5.74, 6) is 0.906. The molecule has 0 atom stereocenters. The fraction of sp³-hybridized carbons (Fsp3) is 0.240. The highest BCUT2D eigenvalue weighted by molar-refractivity contribution is 7.89. The van der Waals surface area contributed by atoms with Crippen molar-refractivity contribution in [1.29, 1.82) is 0 Å². The summed E-state index contributed by atoms with van der Waals surface area (Å²) in [4.78, 5) is 15.2. The van der Waals surface area contributed by atoms with Crippen LogP contribution in [0.25, 0.3) is 11.1 Å². The van der Waals surface area contributed by atoms with Crippen LogP contribution in [0.15, 0.2) is 65.6 Å². The van der Waals surface area contributed by atoms with E-state index in [0.29, 0.717) is 43.4 Å². The van der Waals surface area contributed by atoms with Gasteiger partial charge in [-0.25, -0.2) is 13.6 Å². The van der Waals surface area contributed by atoms with Crippen LogP contribution in [0.1, 0.15) is 10.4 Å². The molecule has 184 valence electrons.